The summed E-state index contributed by atoms with van der Waals surface area (Å²) in [5.74, 6) is -0.548. The fourth-order valence-electron chi connectivity index (χ4n) is 1.31. The van der Waals surface area contributed by atoms with Crippen LogP contribution in [0, 0.1) is 5.92 Å². The van der Waals surface area contributed by atoms with Crippen LogP contribution in [0.5, 0.6) is 0 Å². The zero-order valence-corrected chi connectivity index (χ0v) is 8.93. The van der Waals surface area contributed by atoms with E-state index in [1.54, 1.807) is 0 Å². The molecule has 0 aliphatic rings. The highest BCUT2D eigenvalue weighted by molar-refractivity contribution is 5.72. The van der Waals surface area contributed by atoms with E-state index in [4.69, 9.17) is 7.48 Å². The molecule has 0 bridgehead atoms. The maximum absolute atomic E-state index is 11.5. The van der Waals surface area contributed by atoms with Gasteiger partial charge in [0.15, 0.2) is 0 Å². The number of carbonyl (C=O) groups excluding carboxylic acids is 1. The molecule has 0 spiro atoms. The Morgan fingerprint density at radius 3 is 2.54 bits per heavy atom. The Morgan fingerprint density at radius 1 is 1.38 bits per heavy atom. The van der Waals surface area contributed by atoms with E-state index in [1.807, 2.05) is 6.92 Å². The van der Waals surface area contributed by atoms with E-state index in [0.717, 1.165) is 32.1 Å². The summed E-state index contributed by atoms with van der Waals surface area (Å²) in [6, 6.07) is 0. The molecular weight excluding hydrogens is 164 g/mol. The third kappa shape index (κ3) is 5.67. The second-order valence-electron chi connectivity index (χ2n) is 3.23. The average Bonchev–Trinajstić information content (AvgIpc) is 2.09. The standard InChI is InChI=1S/C11H22O2/c1-4-7-8-9-10(5-2)11(12)13-6-3/h10H,4-9H2,1-3H3/i6D2. The van der Waals surface area contributed by atoms with Gasteiger partial charge in [-0.3, -0.25) is 4.79 Å². The van der Waals surface area contributed by atoms with Gasteiger partial charge in [0.25, 0.3) is 0 Å². The van der Waals surface area contributed by atoms with Crippen LogP contribution >= 0.6 is 0 Å². The molecule has 0 heterocycles. The maximum atomic E-state index is 11.5. The van der Waals surface area contributed by atoms with Gasteiger partial charge in [-0.25, -0.2) is 0 Å². The molecule has 0 N–H and O–H groups in total. The maximum Gasteiger partial charge on any atom is 0.308 e. The monoisotopic (exact) mass is 188 g/mol. The average molecular weight is 188 g/mol. The zero-order chi connectivity index (χ0) is 11.9. The number of ether oxygens (including phenoxy) is 1. The van der Waals surface area contributed by atoms with Crippen LogP contribution in [-0.4, -0.2) is 12.5 Å². The van der Waals surface area contributed by atoms with Gasteiger partial charge in [-0.1, -0.05) is 33.1 Å². The molecule has 0 amide bonds. The number of esters is 1. The Kier molecular flexibility index (Phi) is 5.62. The molecule has 0 aromatic rings. The van der Waals surface area contributed by atoms with Gasteiger partial charge in [0.1, 0.15) is 0 Å². The Hall–Kier alpha value is -0.530. The van der Waals surface area contributed by atoms with Gasteiger partial charge in [0.2, 0.25) is 0 Å². The molecular formula is C11H22O2. The summed E-state index contributed by atoms with van der Waals surface area (Å²) in [5, 5.41) is 0. The molecule has 0 aromatic carbocycles. The second kappa shape index (κ2) is 8.09. The van der Waals surface area contributed by atoms with E-state index in [2.05, 4.69) is 6.92 Å². The van der Waals surface area contributed by atoms with Gasteiger partial charge >= 0.3 is 5.97 Å². The highest BCUT2D eigenvalue weighted by atomic mass is 16.5. The van der Waals surface area contributed by atoms with Crippen LogP contribution in [0.3, 0.4) is 0 Å². The van der Waals surface area contributed by atoms with Gasteiger partial charge < -0.3 is 4.74 Å². The minimum Gasteiger partial charge on any atom is -0.466 e. The molecule has 1 unspecified atom stereocenters. The first-order chi connectivity index (χ1) is 6.90. The molecule has 0 fully saturated rings. The highest BCUT2D eigenvalue weighted by Crippen LogP contribution is 2.14. The van der Waals surface area contributed by atoms with E-state index in [-0.39, 0.29) is 5.92 Å². The van der Waals surface area contributed by atoms with E-state index >= 15 is 0 Å². The molecule has 0 rings (SSSR count). The Morgan fingerprint density at radius 2 is 2.08 bits per heavy atom. The van der Waals surface area contributed by atoms with Crippen LogP contribution in [0.4, 0.5) is 0 Å². The van der Waals surface area contributed by atoms with Crippen LogP contribution in [0.25, 0.3) is 0 Å². The SMILES string of the molecule is [2H]C([2H])(C)OC(=O)C(CC)CCCCC. The minimum atomic E-state index is -1.85. The van der Waals surface area contributed by atoms with Crippen molar-refractivity contribution in [2.75, 3.05) is 6.56 Å². The number of hydrogen-bond donors (Lipinski definition) is 0. The van der Waals surface area contributed by atoms with Crippen molar-refractivity contribution >= 4 is 5.97 Å². The summed E-state index contributed by atoms with van der Waals surface area (Å²) in [4.78, 5) is 11.5. The molecule has 1 atom stereocenters. The molecule has 0 saturated carbocycles. The van der Waals surface area contributed by atoms with Crippen molar-refractivity contribution in [1.29, 1.82) is 0 Å². The lowest BCUT2D eigenvalue weighted by molar-refractivity contribution is -0.148. The number of unbranched alkanes of at least 4 members (excludes halogenated alkanes) is 2. The number of rotatable bonds is 7. The van der Waals surface area contributed by atoms with Crippen molar-refractivity contribution in [2.24, 2.45) is 5.92 Å². The summed E-state index contributed by atoms with van der Waals surface area (Å²) in [5.41, 5.74) is 0. The summed E-state index contributed by atoms with van der Waals surface area (Å²) >= 11 is 0. The molecule has 0 aromatic heterocycles. The van der Waals surface area contributed by atoms with Crippen LogP contribution in [-0.2, 0) is 9.53 Å². The topological polar surface area (TPSA) is 26.3 Å². The largest absolute Gasteiger partial charge is 0.466 e. The minimum absolute atomic E-state index is 0.147. The van der Waals surface area contributed by atoms with Crippen LogP contribution in [0.15, 0.2) is 0 Å². The van der Waals surface area contributed by atoms with Crippen LogP contribution in [0.1, 0.15) is 55.6 Å². The van der Waals surface area contributed by atoms with Gasteiger partial charge in [0.05, 0.1) is 15.2 Å². The molecule has 78 valence electrons. The number of hydrogen-bond acceptors (Lipinski definition) is 2. The van der Waals surface area contributed by atoms with E-state index in [1.165, 1.54) is 6.92 Å². The Labute approximate surface area is 84.5 Å². The predicted molar refractivity (Wildman–Crippen MR) is 54.6 cm³/mol. The lowest BCUT2D eigenvalue weighted by atomic mass is 9.99. The van der Waals surface area contributed by atoms with E-state index < -0.39 is 12.5 Å². The molecule has 0 aliphatic heterocycles. The lowest BCUT2D eigenvalue weighted by Crippen LogP contribution is -2.16. The van der Waals surface area contributed by atoms with E-state index in [0.29, 0.717) is 0 Å². The molecule has 13 heavy (non-hydrogen) atoms. The first-order valence-corrected chi connectivity index (χ1v) is 5.13. The van der Waals surface area contributed by atoms with Gasteiger partial charge in [-0.05, 0) is 19.8 Å². The van der Waals surface area contributed by atoms with E-state index in [9.17, 15) is 4.79 Å². The quantitative estimate of drug-likeness (QED) is 0.453. The van der Waals surface area contributed by atoms with Crippen LogP contribution in [0.2, 0.25) is 0 Å². The van der Waals surface area contributed by atoms with Gasteiger partial charge in [-0.15, -0.1) is 0 Å². The summed E-state index contributed by atoms with van der Waals surface area (Å²) in [6.45, 7) is 3.45. The molecule has 0 saturated heterocycles. The fourth-order valence-corrected chi connectivity index (χ4v) is 1.31. The summed E-state index contributed by atoms with van der Waals surface area (Å²) in [7, 11) is 0. The number of carbonyl (C=O) groups is 1. The Bertz CT molecular complexity index is 188. The van der Waals surface area contributed by atoms with Gasteiger partial charge in [-0.2, -0.15) is 0 Å². The smallest absolute Gasteiger partial charge is 0.308 e. The fraction of sp³-hybridized carbons (Fsp3) is 0.909. The van der Waals surface area contributed by atoms with Crippen LogP contribution < -0.4 is 0 Å². The first-order valence-electron chi connectivity index (χ1n) is 6.13. The first kappa shape index (κ1) is 9.04. The molecule has 2 nitrogen and oxygen atoms in total. The van der Waals surface area contributed by atoms with Crippen molar-refractivity contribution in [3.8, 4) is 0 Å². The summed E-state index contributed by atoms with van der Waals surface area (Å²) in [6.07, 6.45) is 4.78. The van der Waals surface area contributed by atoms with Crippen molar-refractivity contribution < 1.29 is 12.3 Å². The third-order valence-corrected chi connectivity index (χ3v) is 2.18. The van der Waals surface area contributed by atoms with Gasteiger partial charge in [0, 0.05) is 0 Å². The highest BCUT2D eigenvalue weighted by Gasteiger charge is 2.16. The zero-order valence-electron chi connectivity index (χ0n) is 10.9. The summed E-state index contributed by atoms with van der Waals surface area (Å²) < 4.78 is 19.1. The molecule has 2 heteroatoms. The third-order valence-electron chi connectivity index (χ3n) is 2.18. The molecule has 0 aliphatic carbocycles. The molecule has 0 radical (unpaired) electrons. The van der Waals surface area contributed by atoms with Crippen molar-refractivity contribution in [2.45, 2.75) is 52.9 Å². The predicted octanol–water partition coefficient (Wildman–Crippen LogP) is 3.16. The Balaban J connectivity index is 3.99. The lowest BCUT2D eigenvalue weighted by Gasteiger charge is -2.12. The van der Waals surface area contributed by atoms with Crippen molar-refractivity contribution in [1.82, 2.24) is 0 Å². The second-order valence-corrected chi connectivity index (χ2v) is 3.23. The normalized spacial score (nSPS) is 15.9. The van der Waals surface area contributed by atoms with Crippen molar-refractivity contribution in [3.05, 3.63) is 0 Å². The van der Waals surface area contributed by atoms with Crippen molar-refractivity contribution in [3.63, 3.8) is 0 Å².